The molecule has 1 N–H and O–H groups in total. The van der Waals surface area contributed by atoms with Gasteiger partial charge in [0.15, 0.2) is 6.10 Å². The molecule has 7 atom stereocenters. The Balaban J connectivity index is 1.15. The molecule has 6 rings (SSSR count). The van der Waals surface area contributed by atoms with Crippen molar-refractivity contribution >= 4 is 5.97 Å². The number of nitrogens with one attached hydrogen (secondary N) is 1. The van der Waals surface area contributed by atoms with Gasteiger partial charge < -0.3 is 10.1 Å². The van der Waals surface area contributed by atoms with Crippen LogP contribution in [-0.4, -0.2) is 30.1 Å². The van der Waals surface area contributed by atoms with Gasteiger partial charge in [-0.3, -0.25) is 4.79 Å². The lowest BCUT2D eigenvalue weighted by Crippen LogP contribution is -2.57. The van der Waals surface area contributed by atoms with E-state index in [1.54, 1.807) is 0 Å². The van der Waals surface area contributed by atoms with Gasteiger partial charge >= 0.3 is 11.9 Å². The van der Waals surface area contributed by atoms with Crippen LogP contribution in [0.15, 0.2) is 11.6 Å². The zero-order chi connectivity index (χ0) is 24.4. The molecule has 3 nitrogen and oxygen atoms in total. The number of carbonyl (C=O) groups excluding carboxylic acids is 1. The quantitative estimate of drug-likeness (QED) is 0.317. The van der Waals surface area contributed by atoms with Crippen LogP contribution in [0.5, 0.6) is 0 Å². The van der Waals surface area contributed by atoms with Gasteiger partial charge in [-0.25, -0.2) is 0 Å². The standard InChI is InChI=1S/C30H45F2NO2/c1-28-18-16-26(35-27(34)14-7-19-5-3-4-6-19)30(31,32)24(28)12-10-21-22-11-13-25(33-20-8-9-20)29(22,2)17-15-23(21)28/h12,19-23,25-26,33H,3-11,13-18H2,1-2H3/t21-,22-,23+,25?,26?,28+,29-/m0/s1. The van der Waals surface area contributed by atoms with Crippen LogP contribution in [0.25, 0.3) is 0 Å². The zero-order valence-electron chi connectivity index (χ0n) is 21.8. The van der Waals surface area contributed by atoms with E-state index in [1.807, 2.05) is 6.08 Å². The molecule has 5 heteroatoms. The summed E-state index contributed by atoms with van der Waals surface area (Å²) in [7, 11) is 0. The summed E-state index contributed by atoms with van der Waals surface area (Å²) in [5, 5.41) is 3.94. The lowest BCUT2D eigenvalue weighted by atomic mass is 9.47. The first-order valence-electron chi connectivity index (χ1n) is 14.8. The summed E-state index contributed by atoms with van der Waals surface area (Å²) in [6.07, 6.45) is 15.5. The molecule has 6 aliphatic rings. The molecular formula is C30H45F2NO2. The summed E-state index contributed by atoms with van der Waals surface area (Å²) in [5.74, 6) is -1.43. The fourth-order valence-electron chi connectivity index (χ4n) is 9.50. The van der Waals surface area contributed by atoms with E-state index in [-0.39, 0.29) is 12.8 Å². The van der Waals surface area contributed by atoms with Gasteiger partial charge in [0.05, 0.1) is 0 Å². The van der Waals surface area contributed by atoms with Crippen LogP contribution < -0.4 is 5.32 Å². The number of esters is 1. The molecule has 0 saturated heterocycles. The lowest BCUT2D eigenvalue weighted by Gasteiger charge is -2.59. The molecule has 0 aliphatic heterocycles. The monoisotopic (exact) mass is 489 g/mol. The third-order valence-corrected chi connectivity index (χ3v) is 11.7. The molecule has 5 fully saturated rings. The summed E-state index contributed by atoms with van der Waals surface area (Å²) < 4.78 is 37.3. The van der Waals surface area contributed by atoms with Crippen molar-refractivity contribution in [3.8, 4) is 0 Å². The largest absolute Gasteiger partial charge is 0.456 e. The van der Waals surface area contributed by atoms with Crippen LogP contribution in [0, 0.1) is 34.5 Å². The Morgan fingerprint density at radius 1 is 1.00 bits per heavy atom. The Kier molecular flexibility index (Phi) is 6.13. The van der Waals surface area contributed by atoms with Gasteiger partial charge in [0, 0.05) is 24.1 Å². The van der Waals surface area contributed by atoms with Crippen molar-refractivity contribution in [3.05, 3.63) is 11.6 Å². The van der Waals surface area contributed by atoms with Crippen LogP contribution in [0.3, 0.4) is 0 Å². The highest BCUT2D eigenvalue weighted by molar-refractivity contribution is 5.69. The summed E-state index contributed by atoms with van der Waals surface area (Å²) >= 11 is 0. The molecule has 196 valence electrons. The second-order valence-corrected chi connectivity index (χ2v) is 13.6. The fraction of sp³-hybridized carbons (Fsp3) is 0.900. The fourth-order valence-corrected chi connectivity index (χ4v) is 9.50. The number of ether oxygens (including phenoxy) is 1. The predicted octanol–water partition coefficient (Wildman–Crippen LogP) is 7.20. The number of halogens is 2. The summed E-state index contributed by atoms with van der Waals surface area (Å²) in [4.78, 5) is 12.5. The normalized spacial score (nSPS) is 44.8. The average molecular weight is 490 g/mol. The van der Waals surface area contributed by atoms with E-state index in [2.05, 4.69) is 19.2 Å². The number of fused-ring (bicyclic) bond motifs is 5. The molecule has 0 radical (unpaired) electrons. The summed E-state index contributed by atoms with van der Waals surface area (Å²) in [6, 6.07) is 1.32. The van der Waals surface area contributed by atoms with Gasteiger partial charge in [-0.15, -0.1) is 0 Å². The SMILES string of the molecule is C[C@]12CCC(OC(=O)CCC3CCCC3)C(F)(F)C1=CC[C@@H]1[C@H]2CC[C@]2(C)C(NC3CC3)CC[C@@H]12. The van der Waals surface area contributed by atoms with Crippen molar-refractivity contribution < 1.29 is 18.3 Å². The summed E-state index contributed by atoms with van der Waals surface area (Å²) in [5.41, 5.74) is 0.128. The second-order valence-electron chi connectivity index (χ2n) is 13.6. The molecule has 0 aromatic rings. The minimum absolute atomic E-state index is 0.285. The predicted molar refractivity (Wildman–Crippen MR) is 133 cm³/mol. The van der Waals surface area contributed by atoms with Crippen molar-refractivity contribution in [3.63, 3.8) is 0 Å². The molecule has 2 unspecified atom stereocenters. The smallest absolute Gasteiger partial charge is 0.306 e. The van der Waals surface area contributed by atoms with Crippen molar-refractivity contribution in [1.29, 1.82) is 0 Å². The highest BCUT2D eigenvalue weighted by Crippen LogP contribution is 2.66. The first-order valence-corrected chi connectivity index (χ1v) is 14.8. The number of alkyl halides is 2. The van der Waals surface area contributed by atoms with Crippen LogP contribution in [0.4, 0.5) is 8.78 Å². The van der Waals surface area contributed by atoms with E-state index in [0.29, 0.717) is 47.1 Å². The zero-order valence-corrected chi connectivity index (χ0v) is 21.8. The topological polar surface area (TPSA) is 38.3 Å². The van der Waals surface area contributed by atoms with Crippen molar-refractivity contribution in [2.24, 2.45) is 34.5 Å². The maximum absolute atomic E-state index is 15.9. The van der Waals surface area contributed by atoms with E-state index >= 15 is 8.78 Å². The summed E-state index contributed by atoms with van der Waals surface area (Å²) in [6.45, 7) is 4.60. The first-order chi connectivity index (χ1) is 16.7. The second kappa shape index (κ2) is 8.81. The maximum Gasteiger partial charge on any atom is 0.306 e. The maximum atomic E-state index is 15.9. The van der Waals surface area contributed by atoms with E-state index in [4.69, 9.17) is 4.74 Å². The molecule has 0 aromatic heterocycles. The number of hydrogen-bond acceptors (Lipinski definition) is 3. The van der Waals surface area contributed by atoms with Crippen LogP contribution in [0.2, 0.25) is 0 Å². The Bertz CT molecular complexity index is 862. The number of carbonyl (C=O) groups is 1. The number of hydrogen-bond donors (Lipinski definition) is 1. The highest BCUT2D eigenvalue weighted by atomic mass is 19.3. The van der Waals surface area contributed by atoms with E-state index < -0.39 is 23.4 Å². The van der Waals surface area contributed by atoms with Crippen LogP contribution in [-0.2, 0) is 9.53 Å². The Labute approximate surface area is 210 Å². The van der Waals surface area contributed by atoms with Crippen LogP contribution in [0.1, 0.15) is 110 Å². The third kappa shape index (κ3) is 4.10. The minimum Gasteiger partial charge on any atom is -0.456 e. The average Bonchev–Trinajstić information content (AvgIpc) is 3.35. The van der Waals surface area contributed by atoms with Crippen LogP contribution >= 0.6 is 0 Å². The number of rotatable bonds is 6. The van der Waals surface area contributed by atoms with Gasteiger partial charge in [-0.2, -0.15) is 8.78 Å². The van der Waals surface area contributed by atoms with Gasteiger partial charge in [-0.1, -0.05) is 45.6 Å². The molecule has 0 amide bonds. The Hall–Kier alpha value is -0.970. The minimum atomic E-state index is -3.05. The molecule has 0 spiro atoms. The molecule has 0 aromatic carbocycles. The molecule has 0 bridgehead atoms. The van der Waals surface area contributed by atoms with Gasteiger partial charge in [0.2, 0.25) is 0 Å². The molecule has 35 heavy (non-hydrogen) atoms. The molecule has 6 aliphatic carbocycles. The van der Waals surface area contributed by atoms with Crippen molar-refractivity contribution in [2.75, 3.05) is 0 Å². The van der Waals surface area contributed by atoms with Gasteiger partial charge in [-0.05, 0) is 98.7 Å². The number of allylic oxidation sites excluding steroid dienone is 1. The van der Waals surface area contributed by atoms with E-state index in [0.717, 1.165) is 44.6 Å². The van der Waals surface area contributed by atoms with E-state index in [9.17, 15) is 4.79 Å². The molecular weight excluding hydrogens is 444 g/mol. The van der Waals surface area contributed by atoms with Crippen molar-refractivity contribution in [1.82, 2.24) is 5.32 Å². The molecule has 5 saturated carbocycles. The first kappa shape index (κ1) is 24.4. The lowest BCUT2D eigenvalue weighted by molar-refractivity contribution is -0.183. The third-order valence-electron chi connectivity index (χ3n) is 11.7. The van der Waals surface area contributed by atoms with Gasteiger partial charge in [0.25, 0.3) is 0 Å². The Morgan fingerprint density at radius 2 is 1.77 bits per heavy atom. The Morgan fingerprint density at radius 3 is 2.51 bits per heavy atom. The van der Waals surface area contributed by atoms with Crippen molar-refractivity contribution in [2.45, 2.75) is 134 Å². The van der Waals surface area contributed by atoms with Gasteiger partial charge in [0.1, 0.15) is 0 Å². The van der Waals surface area contributed by atoms with E-state index in [1.165, 1.54) is 38.5 Å². The molecule has 0 heterocycles. The highest BCUT2D eigenvalue weighted by Gasteiger charge is 2.64.